The van der Waals surface area contributed by atoms with E-state index in [0.717, 1.165) is 29.9 Å². The molecule has 20 heavy (non-hydrogen) atoms. The molecule has 5 nitrogen and oxygen atoms in total. The Morgan fingerprint density at radius 2 is 2.05 bits per heavy atom. The minimum Gasteiger partial charge on any atom is -0.382 e. The van der Waals surface area contributed by atoms with Crippen molar-refractivity contribution in [1.29, 1.82) is 0 Å². The molecule has 9 heteroatoms. The highest BCUT2D eigenvalue weighted by Gasteiger charge is 2.21. The molecule has 108 valence electrons. The van der Waals surface area contributed by atoms with E-state index in [0.29, 0.717) is 5.56 Å². The van der Waals surface area contributed by atoms with Gasteiger partial charge < -0.3 is 11.1 Å². The van der Waals surface area contributed by atoms with Crippen LogP contribution in [0.2, 0.25) is 0 Å². The topological polar surface area (TPSA) is 85.1 Å². The summed E-state index contributed by atoms with van der Waals surface area (Å²) in [6.07, 6.45) is 1.02. The predicted molar refractivity (Wildman–Crippen MR) is 73.3 cm³/mol. The molecule has 0 aliphatic rings. The van der Waals surface area contributed by atoms with E-state index >= 15 is 0 Å². The zero-order valence-electron chi connectivity index (χ0n) is 10.4. The Hall–Kier alpha value is -1.74. The third-order valence-corrected chi connectivity index (χ3v) is 4.59. The lowest BCUT2D eigenvalue weighted by Gasteiger charge is -2.06. The number of sulfone groups is 1. The average molecular weight is 319 g/mol. The van der Waals surface area contributed by atoms with Crippen LogP contribution in [0, 0.1) is 11.6 Å². The average Bonchev–Trinajstić information content (AvgIpc) is 2.72. The van der Waals surface area contributed by atoms with Gasteiger partial charge in [0.2, 0.25) is 0 Å². The number of aromatic nitrogens is 1. The molecule has 1 aromatic heterocycles. The lowest BCUT2D eigenvalue weighted by atomic mass is 10.2. The maximum absolute atomic E-state index is 13.0. The summed E-state index contributed by atoms with van der Waals surface area (Å²) in [6, 6.07) is 3.44. The molecule has 0 aliphatic heterocycles. The minimum absolute atomic E-state index is 0.0784. The van der Waals surface area contributed by atoms with Gasteiger partial charge in [0.25, 0.3) is 0 Å². The molecule has 0 radical (unpaired) electrons. The van der Waals surface area contributed by atoms with Crippen LogP contribution in [0.3, 0.4) is 0 Å². The summed E-state index contributed by atoms with van der Waals surface area (Å²) in [5.74, 6) is -1.98. The fourth-order valence-corrected chi connectivity index (χ4v) is 3.66. The predicted octanol–water partition coefficient (Wildman–Crippen LogP) is 2.02. The monoisotopic (exact) mass is 319 g/mol. The van der Waals surface area contributed by atoms with Gasteiger partial charge in [-0.25, -0.2) is 17.2 Å². The number of halogens is 2. The van der Waals surface area contributed by atoms with Gasteiger partial charge >= 0.3 is 0 Å². The number of benzene rings is 1. The Morgan fingerprint density at radius 3 is 2.65 bits per heavy atom. The Bertz CT molecular complexity index is 744. The molecule has 0 amide bonds. The van der Waals surface area contributed by atoms with E-state index in [9.17, 15) is 17.2 Å². The van der Waals surface area contributed by atoms with Crippen molar-refractivity contribution in [2.24, 2.45) is 0 Å². The van der Waals surface area contributed by atoms with E-state index in [-0.39, 0.29) is 22.3 Å². The van der Waals surface area contributed by atoms with Gasteiger partial charge in [-0.05, 0) is 29.2 Å². The van der Waals surface area contributed by atoms with Crippen molar-refractivity contribution in [2.45, 2.75) is 11.4 Å². The van der Waals surface area contributed by atoms with Crippen molar-refractivity contribution in [1.82, 2.24) is 4.37 Å². The molecule has 1 aromatic carbocycles. The zero-order valence-corrected chi connectivity index (χ0v) is 12.0. The van der Waals surface area contributed by atoms with Gasteiger partial charge in [-0.1, -0.05) is 6.07 Å². The van der Waals surface area contributed by atoms with E-state index in [2.05, 4.69) is 9.69 Å². The van der Waals surface area contributed by atoms with Crippen molar-refractivity contribution in [3.05, 3.63) is 35.4 Å². The van der Waals surface area contributed by atoms with Crippen LogP contribution < -0.4 is 11.1 Å². The summed E-state index contributed by atoms with van der Waals surface area (Å²) in [6.45, 7) is 0.126. The van der Waals surface area contributed by atoms with Crippen LogP contribution in [0.5, 0.6) is 0 Å². The molecule has 0 saturated carbocycles. The molecule has 0 unspecified atom stereocenters. The lowest BCUT2D eigenvalue weighted by Crippen LogP contribution is -2.06. The van der Waals surface area contributed by atoms with Crippen LogP contribution in [0.15, 0.2) is 23.1 Å². The van der Waals surface area contributed by atoms with E-state index in [1.807, 2.05) is 0 Å². The molecule has 0 saturated heterocycles. The van der Waals surface area contributed by atoms with E-state index in [4.69, 9.17) is 5.73 Å². The van der Waals surface area contributed by atoms with Crippen molar-refractivity contribution >= 4 is 32.2 Å². The highest BCUT2D eigenvalue weighted by molar-refractivity contribution is 7.91. The van der Waals surface area contributed by atoms with Gasteiger partial charge in [0.1, 0.15) is 9.90 Å². The Labute approximate surface area is 118 Å². The highest BCUT2D eigenvalue weighted by Crippen LogP contribution is 2.31. The van der Waals surface area contributed by atoms with Crippen molar-refractivity contribution in [3.63, 3.8) is 0 Å². The molecular weight excluding hydrogens is 308 g/mol. The number of hydrogen-bond donors (Lipinski definition) is 2. The molecule has 0 aliphatic carbocycles. The fourth-order valence-electron chi connectivity index (χ4n) is 1.60. The van der Waals surface area contributed by atoms with E-state index < -0.39 is 21.5 Å². The van der Waals surface area contributed by atoms with Crippen molar-refractivity contribution < 1.29 is 17.2 Å². The summed E-state index contributed by atoms with van der Waals surface area (Å²) >= 11 is 0.897. The molecule has 1 heterocycles. The van der Waals surface area contributed by atoms with Gasteiger partial charge in [-0.2, -0.15) is 4.37 Å². The van der Waals surface area contributed by atoms with Gasteiger partial charge in [0.15, 0.2) is 27.3 Å². The molecule has 2 aromatic rings. The zero-order chi connectivity index (χ0) is 14.9. The molecule has 3 N–H and O–H groups in total. The quantitative estimate of drug-likeness (QED) is 0.900. The number of rotatable bonds is 4. The van der Waals surface area contributed by atoms with Crippen LogP contribution in [0.4, 0.5) is 19.6 Å². The second-order valence-electron chi connectivity index (χ2n) is 4.10. The first-order valence-electron chi connectivity index (χ1n) is 5.42. The highest BCUT2D eigenvalue weighted by atomic mass is 32.2. The van der Waals surface area contributed by atoms with Crippen molar-refractivity contribution in [3.8, 4) is 0 Å². The largest absolute Gasteiger partial charge is 0.382 e. The first kappa shape index (κ1) is 14.7. The Balaban J connectivity index is 2.22. The smallest absolute Gasteiger partial charge is 0.182 e. The fraction of sp³-hybridized carbons (Fsp3) is 0.182. The van der Waals surface area contributed by atoms with Gasteiger partial charge in [-0.3, -0.25) is 0 Å². The minimum atomic E-state index is -3.51. The summed E-state index contributed by atoms with van der Waals surface area (Å²) in [5.41, 5.74) is 5.98. The summed E-state index contributed by atoms with van der Waals surface area (Å²) < 4.78 is 52.8. The van der Waals surface area contributed by atoms with E-state index in [1.165, 1.54) is 6.07 Å². The SMILES string of the molecule is CS(=O)(=O)c1c(N)nsc1NCc1ccc(F)c(F)c1. The molecule has 0 fully saturated rings. The van der Waals surface area contributed by atoms with Gasteiger partial charge in [-0.15, -0.1) is 0 Å². The summed E-state index contributed by atoms with van der Waals surface area (Å²) in [7, 11) is -3.51. The van der Waals surface area contributed by atoms with Crippen LogP contribution in [-0.2, 0) is 16.4 Å². The second-order valence-corrected chi connectivity index (χ2v) is 6.83. The van der Waals surface area contributed by atoms with Crippen LogP contribution in [0.1, 0.15) is 5.56 Å². The van der Waals surface area contributed by atoms with Crippen molar-refractivity contribution in [2.75, 3.05) is 17.3 Å². The van der Waals surface area contributed by atoms with Crippen LogP contribution >= 0.6 is 11.5 Å². The number of anilines is 2. The molecule has 0 bridgehead atoms. The Morgan fingerprint density at radius 1 is 1.35 bits per heavy atom. The van der Waals surface area contributed by atoms with Crippen LogP contribution in [-0.4, -0.2) is 19.0 Å². The normalized spacial score (nSPS) is 11.6. The number of nitrogens with two attached hydrogens (primary N) is 1. The van der Waals surface area contributed by atoms with Gasteiger partial charge in [0, 0.05) is 12.8 Å². The summed E-state index contributed by atoms with van der Waals surface area (Å²) in [5, 5.41) is 3.08. The standard InChI is InChI=1S/C11H11F2N3O2S2/c1-20(17,18)9-10(14)16-19-11(9)15-5-6-2-3-7(12)8(13)4-6/h2-4,15H,5H2,1H3,(H2,14,16). The summed E-state index contributed by atoms with van der Waals surface area (Å²) in [4.78, 5) is -0.0786. The number of nitrogen functional groups attached to an aromatic ring is 1. The molecule has 0 atom stereocenters. The first-order valence-corrected chi connectivity index (χ1v) is 8.08. The lowest BCUT2D eigenvalue weighted by molar-refractivity contribution is 0.507. The third-order valence-electron chi connectivity index (χ3n) is 2.48. The second kappa shape index (κ2) is 5.33. The Kier molecular flexibility index (Phi) is 3.91. The number of hydrogen-bond acceptors (Lipinski definition) is 6. The molecule has 2 rings (SSSR count). The van der Waals surface area contributed by atoms with Crippen LogP contribution in [0.25, 0.3) is 0 Å². The maximum atomic E-state index is 13.0. The number of nitrogens with zero attached hydrogens (tertiary/aromatic N) is 1. The van der Waals surface area contributed by atoms with Gasteiger partial charge in [0.05, 0.1) is 0 Å². The number of nitrogens with one attached hydrogen (secondary N) is 1. The van der Waals surface area contributed by atoms with E-state index in [1.54, 1.807) is 0 Å². The molecule has 0 spiro atoms. The maximum Gasteiger partial charge on any atom is 0.182 e. The first-order chi connectivity index (χ1) is 9.29. The molecular formula is C11H11F2N3O2S2. The third kappa shape index (κ3) is 3.05.